The summed E-state index contributed by atoms with van der Waals surface area (Å²) in [7, 11) is -2.33. The van der Waals surface area contributed by atoms with Gasteiger partial charge in [-0.3, -0.25) is 0 Å². The van der Waals surface area contributed by atoms with Crippen molar-refractivity contribution in [3.63, 3.8) is 0 Å². The topological polar surface area (TPSA) is 69.4 Å². The molecule has 0 aromatic heterocycles. The van der Waals surface area contributed by atoms with Crippen molar-refractivity contribution in [2.45, 2.75) is 10.6 Å². The molecule has 0 aliphatic heterocycles. The maximum Gasteiger partial charge on any atom is 0.184 e. The third kappa shape index (κ3) is 3.54. The van der Waals surface area contributed by atoms with Gasteiger partial charge < -0.3 is 10.5 Å². The summed E-state index contributed by atoms with van der Waals surface area (Å²) in [5.41, 5.74) is 5.90. The van der Waals surface area contributed by atoms with E-state index in [9.17, 15) is 12.8 Å². The molecule has 0 unspecified atom stereocenters. The minimum absolute atomic E-state index is 0.0212. The van der Waals surface area contributed by atoms with Crippen LogP contribution in [0, 0.1) is 5.82 Å². The van der Waals surface area contributed by atoms with Crippen LogP contribution in [-0.2, 0) is 15.6 Å². The fraction of sp³-hybridized carbons (Fsp3) is 0.143. The molecule has 4 nitrogen and oxygen atoms in total. The van der Waals surface area contributed by atoms with Crippen molar-refractivity contribution in [2.75, 3.05) is 12.8 Å². The quantitative estimate of drug-likeness (QED) is 0.835. The van der Waals surface area contributed by atoms with Crippen LogP contribution in [0.15, 0.2) is 45.8 Å². The Kier molecular flexibility index (Phi) is 4.53. The Morgan fingerprint density at radius 2 is 1.95 bits per heavy atom. The van der Waals surface area contributed by atoms with Crippen molar-refractivity contribution in [3.05, 3.63) is 52.3 Å². The summed E-state index contributed by atoms with van der Waals surface area (Å²) in [5, 5.41) is 0. The minimum Gasteiger partial charge on any atom is -0.497 e. The van der Waals surface area contributed by atoms with Crippen molar-refractivity contribution < 1.29 is 17.5 Å². The zero-order valence-electron chi connectivity index (χ0n) is 11.1. The minimum atomic E-state index is -3.74. The summed E-state index contributed by atoms with van der Waals surface area (Å²) in [4.78, 5) is -0.0212. The molecule has 0 aliphatic carbocycles. The summed E-state index contributed by atoms with van der Waals surface area (Å²) in [6.45, 7) is 0. The second kappa shape index (κ2) is 6.03. The van der Waals surface area contributed by atoms with E-state index in [1.807, 2.05) is 0 Å². The van der Waals surface area contributed by atoms with E-state index in [0.717, 1.165) is 6.07 Å². The molecule has 0 radical (unpaired) electrons. The Labute approximate surface area is 130 Å². The molecule has 2 N–H and O–H groups in total. The second-order valence-corrected chi connectivity index (χ2v) is 7.27. The molecule has 112 valence electrons. The van der Waals surface area contributed by atoms with E-state index in [0.29, 0.717) is 10.2 Å². The Morgan fingerprint density at radius 1 is 1.24 bits per heavy atom. The van der Waals surface area contributed by atoms with Crippen LogP contribution in [0.25, 0.3) is 0 Å². The normalized spacial score (nSPS) is 11.4. The van der Waals surface area contributed by atoms with Crippen molar-refractivity contribution in [3.8, 4) is 5.75 Å². The molecule has 2 rings (SSSR count). The number of rotatable bonds is 4. The van der Waals surface area contributed by atoms with Crippen LogP contribution in [-0.4, -0.2) is 15.5 Å². The molecule has 21 heavy (non-hydrogen) atoms. The lowest BCUT2D eigenvalue weighted by Crippen LogP contribution is -2.09. The van der Waals surface area contributed by atoms with Gasteiger partial charge >= 0.3 is 0 Å². The van der Waals surface area contributed by atoms with Crippen LogP contribution >= 0.6 is 15.9 Å². The first-order valence-electron chi connectivity index (χ1n) is 5.93. The number of hydrogen-bond donors (Lipinski definition) is 1. The van der Waals surface area contributed by atoms with Crippen LogP contribution in [0.2, 0.25) is 0 Å². The molecule has 0 saturated carbocycles. The van der Waals surface area contributed by atoms with Gasteiger partial charge in [-0.25, -0.2) is 12.8 Å². The van der Waals surface area contributed by atoms with Gasteiger partial charge in [0, 0.05) is 16.1 Å². The predicted molar refractivity (Wildman–Crippen MR) is 82.4 cm³/mol. The zero-order valence-corrected chi connectivity index (χ0v) is 13.5. The van der Waals surface area contributed by atoms with Crippen molar-refractivity contribution in [1.29, 1.82) is 0 Å². The van der Waals surface area contributed by atoms with Gasteiger partial charge in [0.15, 0.2) is 9.84 Å². The average Bonchev–Trinajstić information content (AvgIpc) is 2.43. The van der Waals surface area contributed by atoms with E-state index in [1.165, 1.54) is 31.4 Å². The highest BCUT2D eigenvalue weighted by atomic mass is 79.9. The number of nitrogen functional groups attached to an aromatic ring is 1. The Bertz CT molecular complexity index is 778. The van der Waals surface area contributed by atoms with Gasteiger partial charge in [-0.15, -0.1) is 0 Å². The van der Waals surface area contributed by atoms with Crippen molar-refractivity contribution in [1.82, 2.24) is 0 Å². The van der Waals surface area contributed by atoms with Gasteiger partial charge in [0.05, 0.1) is 23.4 Å². The maximum atomic E-state index is 13.9. The largest absolute Gasteiger partial charge is 0.497 e. The van der Waals surface area contributed by atoms with E-state index in [1.54, 1.807) is 6.07 Å². The highest BCUT2D eigenvalue weighted by Crippen LogP contribution is 2.27. The number of benzene rings is 2. The van der Waals surface area contributed by atoms with Crippen LogP contribution in [0.4, 0.5) is 10.1 Å². The van der Waals surface area contributed by atoms with E-state index in [-0.39, 0.29) is 16.1 Å². The number of anilines is 1. The van der Waals surface area contributed by atoms with Gasteiger partial charge in [-0.1, -0.05) is 22.0 Å². The molecule has 0 bridgehead atoms. The first-order chi connectivity index (χ1) is 9.83. The highest BCUT2D eigenvalue weighted by molar-refractivity contribution is 9.10. The summed E-state index contributed by atoms with van der Waals surface area (Å²) in [6.07, 6.45) is 0. The first kappa shape index (κ1) is 15.8. The van der Waals surface area contributed by atoms with Crippen molar-refractivity contribution in [2.24, 2.45) is 0 Å². The number of halogens is 2. The smallest absolute Gasteiger partial charge is 0.184 e. The summed E-state index contributed by atoms with van der Waals surface area (Å²) in [6, 6.07) is 8.59. The number of sulfone groups is 1. The Hall–Kier alpha value is -1.60. The molecular weight excluding hydrogens is 361 g/mol. The van der Waals surface area contributed by atoms with Gasteiger partial charge in [0.25, 0.3) is 0 Å². The molecule has 2 aromatic rings. The van der Waals surface area contributed by atoms with E-state index in [2.05, 4.69) is 15.9 Å². The fourth-order valence-electron chi connectivity index (χ4n) is 1.83. The number of methoxy groups -OCH3 is 1. The number of hydrogen-bond acceptors (Lipinski definition) is 4. The molecule has 7 heteroatoms. The average molecular weight is 374 g/mol. The lowest BCUT2D eigenvalue weighted by molar-refractivity contribution is 0.411. The summed E-state index contributed by atoms with van der Waals surface area (Å²) in [5.74, 6) is -0.772. The van der Waals surface area contributed by atoms with Gasteiger partial charge in [0.2, 0.25) is 0 Å². The van der Waals surface area contributed by atoms with Gasteiger partial charge in [-0.05, 0) is 24.3 Å². The third-order valence-corrected chi connectivity index (χ3v) is 5.12. The number of ether oxygens (including phenoxy) is 1. The second-order valence-electron chi connectivity index (χ2n) is 4.40. The molecule has 2 aromatic carbocycles. The van der Waals surface area contributed by atoms with Crippen molar-refractivity contribution >= 4 is 31.5 Å². The standard InChI is InChI=1S/C14H13BrFNO3S/c1-20-11-4-2-9(12(16)7-11)8-21(18,19)14-6-10(15)3-5-13(14)17/h2-7H,8,17H2,1H3. The van der Waals surface area contributed by atoms with Crippen LogP contribution < -0.4 is 10.5 Å². The molecule has 0 fully saturated rings. The highest BCUT2D eigenvalue weighted by Gasteiger charge is 2.21. The van der Waals surface area contributed by atoms with Crippen LogP contribution in [0.3, 0.4) is 0 Å². The predicted octanol–water partition coefficient (Wildman–Crippen LogP) is 3.15. The molecule has 0 saturated heterocycles. The third-order valence-electron chi connectivity index (χ3n) is 2.92. The summed E-state index contributed by atoms with van der Waals surface area (Å²) < 4.78 is 44.1. The zero-order chi connectivity index (χ0) is 15.6. The van der Waals surface area contributed by atoms with Gasteiger partial charge in [-0.2, -0.15) is 0 Å². The molecular formula is C14H13BrFNO3S. The molecule has 0 spiro atoms. The van der Waals surface area contributed by atoms with Crippen LogP contribution in [0.1, 0.15) is 5.56 Å². The first-order valence-corrected chi connectivity index (χ1v) is 8.38. The SMILES string of the molecule is COc1ccc(CS(=O)(=O)c2cc(Br)ccc2N)c(F)c1. The Morgan fingerprint density at radius 3 is 2.57 bits per heavy atom. The molecule has 0 amide bonds. The van der Waals surface area contributed by atoms with E-state index in [4.69, 9.17) is 10.5 Å². The van der Waals surface area contributed by atoms with E-state index >= 15 is 0 Å². The monoisotopic (exact) mass is 373 g/mol. The lowest BCUT2D eigenvalue weighted by atomic mass is 10.2. The van der Waals surface area contributed by atoms with Gasteiger partial charge in [0.1, 0.15) is 11.6 Å². The molecule has 0 atom stereocenters. The molecule has 0 heterocycles. The lowest BCUT2D eigenvalue weighted by Gasteiger charge is -2.09. The number of nitrogens with two attached hydrogens (primary N) is 1. The fourth-order valence-corrected chi connectivity index (χ4v) is 3.88. The Balaban J connectivity index is 2.40. The molecule has 0 aliphatic rings. The maximum absolute atomic E-state index is 13.9. The van der Waals surface area contributed by atoms with Crippen LogP contribution in [0.5, 0.6) is 5.75 Å². The van der Waals surface area contributed by atoms with E-state index < -0.39 is 21.4 Å². The summed E-state index contributed by atoms with van der Waals surface area (Å²) >= 11 is 3.20.